The molecule has 1 N–H and O–H groups in total. The Labute approximate surface area is 169 Å². The van der Waals surface area contributed by atoms with Crippen molar-refractivity contribution in [3.8, 4) is 17.4 Å². The van der Waals surface area contributed by atoms with Crippen LogP contribution in [0, 0.1) is 31.6 Å². The van der Waals surface area contributed by atoms with Crippen molar-refractivity contribution in [2.75, 3.05) is 5.32 Å². The number of nitro groups is 2. The number of nitro benzene ring substituents is 2. The molecule has 0 atom stereocenters. The number of nitriles is 1. The number of carbonyl (C=O) groups is 1. The summed E-state index contributed by atoms with van der Waals surface area (Å²) in [7, 11) is 0. The van der Waals surface area contributed by atoms with E-state index in [2.05, 4.69) is 5.32 Å². The van der Waals surface area contributed by atoms with Crippen LogP contribution in [0.5, 0.6) is 0 Å². The van der Waals surface area contributed by atoms with E-state index in [1.165, 1.54) is 24.3 Å². The van der Waals surface area contributed by atoms with E-state index in [1.807, 2.05) is 0 Å². The number of furan rings is 1. The van der Waals surface area contributed by atoms with Gasteiger partial charge in [-0.1, -0.05) is 18.2 Å². The Hall–Kier alpha value is -4.78. The Morgan fingerprint density at radius 3 is 2.40 bits per heavy atom. The largest absolute Gasteiger partial charge is 0.456 e. The van der Waals surface area contributed by atoms with Crippen molar-refractivity contribution in [1.82, 2.24) is 0 Å². The molecule has 0 aliphatic carbocycles. The van der Waals surface area contributed by atoms with Crippen LogP contribution in [0.15, 0.2) is 70.7 Å². The van der Waals surface area contributed by atoms with E-state index in [0.717, 1.165) is 12.1 Å². The van der Waals surface area contributed by atoms with Gasteiger partial charge in [-0.3, -0.25) is 25.0 Å². The van der Waals surface area contributed by atoms with Crippen molar-refractivity contribution in [3.05, 3.63) is 92.2 Å². The van der Waals surface area contributed by atoms with Gasteiger partial charge in [0, 0.05) is 17.8 Å². The molecule has 0 spiro atoms. The van der Waals surface area contributed by atoms with Crippen LogP contribution in [0.1, 0.15) is 5.76 Å². The molecule has 3 rings (SSSR count). The number of nitrogens with one attached hydrogen (secondary N) is 1. The summed E-state index contributed by atoms with van der Waals surface area (Å²) in [5.41, 5.74) is -0.640. The number of rotatable bonds is 6. The van der Waals surface area contributed by atoms with Crippen molar-refractivity contribution in [2.24, 2.45) is 0 Å². The summed E-state index contributed by atoms with van der Waals surface area (Å²) in [6.07, 6.45) is 1.19. The lowest BCUT2D eigenvalue weighted by atomic mass is 10.1. The van der Waals surface area contributed by atoms with Gasteiger partial charge in [-0.05, 0) is 30.3 Å². The van der Waals surface area contributed by atoms with Gasteiger partial charge in [0.2, 0.25) is 0 Å². The van der Waals surface area contributed by atoms with Gasteiger partial charge in [-0.25, -0.2) is 0 Å². The number of anilines is 1. The lowest BCUT2D eigenvalue weighted by Gasteiger charge is -2.03. The lowest BCUT2D eigenvalue weighted by Crippen LogP contribution is -2.13. The lowest BCUT2D eigenvalue weighted by molar-refractivity contribution is -0.393. The van der Waals surface area contributed by atoms with E-state index in [9.17, 15) is 30.3 Å². The van der Waals surface area contributed by atoms with Crippen LogP contribution in [0.25, 0.3) is 17.4 Å². The van der Waals surface area contributed by atoms with Gasteiger partial charge in [0.1, 0.15) is 23.2 Å². The molecule has 0 aliphatic heterocycles. The number of para-hydroxylation sites is 1. The van der Waals surface area contributed by atoms with E-state index in [0.29, 0.717) is 5.69 Å². The maximum Gasteiger partial charge on any atom is 0.287 e. The molecular weight excluding hydrogens is 392 g/mol. The second kappa shape index (κ2) is 8.49. The van der Waals surface area contributed by atoms with Gasteiger partial charge >= 0.3 is 0 Å². The Morgan fingerprint density at radius 1 is 1.03 bits per heavy atom. The minimum absolute atomic E-state index is 0.0255. The zero-order valence-corrected chi connectivity index (χ0v) is 15.1. The van der Waals surface area contributed by atoms with Gasteiger partial charge in [-0.2, -0.15) is 5.26 Å². The minimum Gasteiger partial charge on any atom is -0.456 e. The molecule has 3 aromatic rings. The third-order valence-corrected chi connectivity index (χ3v) is 3.96. The zero-order chi connectivity index (χ0) is 21.7. The fourth-order valence-electron chi connectivity index (χ4n) is 2.58. The summed E-state index contributed by atoms with van der Waals surface area (Å²) in [5.74, 6) is -0.482. The van der Waals surface area contributed by atoms with Gasteiger partial charge in [0.25, 0.3) is 17.3 Å². The van der Waals surface area contributed by atoms with Gasteiger partial charge in [0.15, 0.2) is 0 Å². The molecule has 1 aromatic heterocycles. The van der Waals surface area contributed by atoms with Gasteiger partial charge in [0.05, 0.1) is 21.5 Å². The molecule has 0 saturated heterocycles. The first-order valence-electron chi connectivity index (χ1n) is 8.40. The molecule has 1 amide bonds. The standard InChI is InChI=1S/C20H12N4O6/c21-12-13(20(25)22-14-4-2-1-3-5-14)10-16-7-9-19(30-16)17-8-6-15(23(26)27)11-18(17)24(28)29/h1-11H,(H,22,25)/b13-10-. The van der Waals surface area contributed by atoms with Crippen LogP contribution in [-0.4, -0.2) is 15.8 Å². The topological polar surface area (TPSA) is 152 Å². The number of amides is 1. The predicted octanol–water partition coefficient (Wildman–Crippen LogP) is 4.31. The van der Waals surface area contributed by atoms with E-state index in [4.69, 9.17) is 4.42 Å². The SMILES string of the molecule is N#C/C(=C/c1ccc(-c2ccc([N+](=O)[O-])cc2[N+](=O)[O-])o1)C(=O)Nc1ccccc1. The first-order valence-corrected chi connectivity index (χ1v) is 8.40. The second-order valence-corrected chi connectivity index (χ2v) is 5.91. The highest BCUT2D eigenvalue weighted by molar-refractivity contribution is 6.09. The molecule has 0 aliphatic rings. The average Bonchev–Trinajstić information content (AvgIpc) is 3.20. The molecule has 0 unspecified atom stereocenters. The van der Waals surface area contributed by atoms with Crippen LogP contribution in [0.4, 0.5) is 17.1 Å². The van der Waals surface area contributed by atoms with Crippen LogP contribution in [0.2, 0.25) is 0 Å². The maximum atomic E-state index is 12.3. The van der Waals surface area contributed by atoms with Crippen LogP contribution in [-0.2, 0) is 4.79 Å². The van der Waals surface area contributed by atoms with Gasteiger partial charge in [-0.15, -0.1) is 0 Å². The molecule has 0 bridgehead atoms. The molecule has 10 nitrogen and oxygen atoms in total. The van der Waals surface area contributed by atoms with E-state index in [-0.39, 0.29) is 22.7 Å². The Balaban J connectivity index is 1.90. The number of hydrogen-bond donors (Lipinski definition) is 1. The monoisotopic (exact) mass is 404 g/mol. The Morgan fingerprint density at radius 2 is 1.77 bits per heavy atom. The number of hydrogen-bond acceptors (Lipinski definition) is 7. The fraction of sp³-hybridized carbons (Fsp3) is 0. The third-order valence-electron chi connectivity index (χ3n) is 3.96. The smallest absolute Gasteiger partial charge is 0.287 e. The summed E-state index contributed by atoms with van der Waals surface area (Å²) in [6.45, 7) is 0. The predicted molar refractivity (Wildman–Crippen MR) is 106 cm³/mol. The van der Waals surface area contributed by atoms with E-state index < -0.39 is 27.1 Å². The summed E-state index contributed by atoms with van der Waals surface area (Å²) >= 11 is 0. The summed E-state index contributed by atoms with van der Waals surface area (Å²) in [5, 5.41) is 34.0. The Kier molecular flexibility index (Phi) is 5.65. The first kappa shape index (κ1) is 20.0. The molecule has 148 valence electrons. The third kappa shape index (κ3) is 4.37. The summed E-state index contributed by atoms with van der Waals surface area (Å²) in [4.78, 5) is 32.9. The highest BCUT2D eigenvalue weighted by Gasteiger charge is 2.22. The van der Waals surface area contributed by atoms with Crippen LogP contribution < -0.4 is 5.32 Å². The molecule has 0 saturated carbocycles. The normalized spacial score (nSPS) is 10.8. The average molecular weight is 404 g/mol. The van der Waals surface area contributed by atoms with Crippen LogP contribution >= 0.6 is 0 Å². The Bertz CT molecular complexity index is 1210. The molecule has 0 radical (unpaired) electrons. The molecular formula is C20H12N4O6. The second-order valence-electron chi connectivity index (χ2n) is 5.91. The highest BCUT2D eigenvalue weighted by atomic mass is 16.6. The number of nitrogens with zero attached hydrogens (tertiary/aromatic N) is 3. The number of carbonyl (C=O) groups excluding carboxylic acids is 1. The fourth-order valence-corrected chi connectivity index (χ4v) is 2.58. The van der Waals surface area contributed by atoms with E-state index in [1.54, 1.807) is 36.4 Å². The molecule has 10 heteroatoms. The molecule has 2 aromatic carbocycles. The quantitative estimate of drug-likeness (QED) is 0.278. The van der Waals surface area contributed by atoms with Crippen molar-refractivity contribution in [2.45, 2.75) is 0 Å². The van der Waals surface area contributed by atoms with Crippen molar-refractivity contribution < 1.29 is 19.1 Å². The van der Waals surface area contributed by atoms with Crippen molar-refractivity contribution >= 4 is 29.0 Å². The highest BCUT2D eigenvalue weighted by Crippen LogP contribution is 2.34. The van der Waals surface area contributed by atoms with Crippen molar-refractivity contribution in [3.63, 3.8) is 0 Å². The number of non-ortho nitro benzene ring substituents is 1. The first-order chi connectivity index (χ1) is 14.4. The summed E-state index contributed by atoms with van der Waals surface area (Å²) < 4.78 is 5.51. The molecule has 1 heterocycles. The van der Waals surface area contributed by atoms with Gasteiger partial charge < -0.3 is 9.73 Å². The minimum atomic E-state index is -0.756. The van der Waals surface area contributed by atoms with E-state index >= 15 is 0 Å². The maximum absolute atomic E-state index is 12.3. The zero-order valence-electron chi connectivity index (χ0n) is 15.1. The molecule has 0 fully saturated rings. The summed E-state index contributed by atoms with van der Waals surface area (Å²) in [6, 6.07) is 16.3. The van der Waals surface area contributed by atoms with Crippen LogP contribution in [0.3, 0.4) is 0 Å². The van der Waals surface area contributed by atoms with Crippen molar-refractivity contribution in [1.29, 1.82) is 5.26 Å². The molecule has 30 heavy (non-hydrogen) atoms. The number of benzene rings is 2.